The summed E-state index contributed by atoms with van der Waals surface area (Å²) in [5.74, 6) is -1.69. The predicted molar refractivity (Wildman–Crippen MR) is 128 cm³/mol. The van der Waals surface area contributed by atoms with Crippen LogP contribution in [0.25, 0.3) is 10.4 Å². The number of anilines is 1. The summed E-state index contributed by atoms with van der Waals surface area (Å²) in [5, 5.41) is 14.5. The summed E-state index contributed by atoms with van der Waals surface area (Å²) in [6, 6.07) is -0.0487. The first-order chi connectivity index (χ1) is 17.1. The van der Waals surface area contributed by atoms with Gasteiger partial charge in [-0.15, -0.1) is 11.3 Å². The Balaban J connectivity index is 2.07. The van der Waals surface area contributed by atoms with E-state index < -0.39 is 54.0 Å². The Morgan fingerprint density at radius 3 is 2.51 bits per heavy atom. The van der Waals surface area contributed by atoms with E-state index in [2.05, 4.69) is 15.3 Å². The number of likely N-dealkylation sites (tertiary alicyclic amines) is 1. The Morgan fingerprint density at radius 2 is 1.97 bits per heavy atom. The molecule has 0 aromatic carbocycles. The average Bonchev–Trinajstić information content (AvgIpc) is 3.42. The number of thiazole rings is 1. The molecule has 2 amide bonds. The van der Waals surface area contributed by atoms with Crippen LogP contribution < -0.4 is 10.6 Å². The lowest BCUT2D eigenvalue weighted by Gasteiger charge is -2.26. The largest absolute Gasteiger partial charge is 0.405 e. The zero-order chi connectivity index (χ0) is 27.7. The van der Waals surface area contributed by atoms with E-state index in [0.29, 0.717) is 17.9 Å². The Morgan fingerprint density at radius 1 is 1.30 bits per heavy atom. The fourth-order valence-corrected chi connectivity index (χ4v) is 4.67. The minimum Gasteiger partial charge on any atom is -0.388 e. The van der Waals surface area contributed by atoms with Crippen LogP contribution in [0.5, 0.6) is 0 Å². The highest BCUT2D eigenvalue weighted by molar-refractivity contribution is 7.17. The molecular weight excluding hydrogens is 521 g/mol. The lowest BCUT2D eigenvalue weighted by Crippen LogP contribution is -2.47. The smallest absolute Gasteiger partial charge is 0.388 e. The van der Waals surface area contributed by atoms with Gasteiger partial charge in [-0.3, -0.25) is 9.59 Å². The molecule has 37 heavy (non-hydrogen) atoms. The standard InChI is InChI=1S/C23H28F5N5O3S/c1-11-6-5-7-33(11)21(35)16-17(37-20(32-16)19(34)31-12(2)22(3,4)36)14-9-29-15(8-13(14)18(24)25)30-10-23(26,27)28/h8-9,11-12,18,36H,5-7,10H2,1-4H3,(H,29,30)(H,31,34). The highest BCUT2D eigenvalue weighted by Gasteiger charge is 2.34. The van der Waals surface area contributed by atoms with Gasteiger partial charge in [-0.25, -0.2) is 18.7 Å². The second-order valence-corrected chi connectivity index (χ2v) is 10.5. The molecule has 0 spiro atoms. The number of alkyl halides is 5. The van der Waals surface area contributed by atoms with Crippen molar-refractivity contribution in [1.82, 2.24) is 20.2 Å². The molecule has 8 nitrogen and oxygen atoms in total. The maximum Gasteiger partial charge on any atom is 0.405 e. The van der Waals surface area contributed by atoms with Crippen LogP contribution >= 0.6 is 11.3 Å². The number of amides is 2. The molecule has 0 bridgehead atoms. The van der Waals surface area contributed by atoms with Crippen LogP contribution in [0.2, 0.25) is 0 Å². The van der Waals surface area contributed by atoms with E-state index in [9.17, 15) is 36.6 Å². The van der Waals surface area contributed by atoms with Gasteiger partial charge in [-0.2, -0.15) is 13.2 Å². The van der Waals surface area contributed by atoms with Crippen LogP contribution in [0.15, 0.2) is 12.3 Å². The molecule has 2 unspecified atom stereocenters. The molecule has 1 aliphatic rings. The number of pyridine rings is 1. The second-order valence-electron chi connectivity index (χ2n) is 9.46. The van der Waals surface area contributed by atoms with Crippen molar-refractivity contribution in [3.63, 3.8) is 0 Å². The number of halogens is 5. The van der Waals surface area contributed by atoms with E-state index in [0.717, 1.165) is 25.1 Å². The van der Waals surface area contributed by atoms with Gasteiger partial charge in [0, 0.05) is 29.9 Å². The maximum absolute atomic E-state index is 14.0. The minimum absolute atomic E-state index is 0.0460. The number of hydrogen-bond donors (Lipinski definition) is 3. The second kappa shape index (κ2) is 10.9. The van der Waals surface area contributed by atoms with Gasteiger partial charge in [0.25, 0.3) is 18.2 Å². The van der Waals surface area contributed by atoms with Gasteiger partial charge in [0.1, 0.15) is 18.1 Å². The lowest BCUT2D eigenvalue weighted by atomic mass is 10.0. The molecule has 1 fully saturated rings. The Kier molecular flexibility index (Phi) is 8.42. The van der Waals surface area contributed by atoms with Crippen LogP contribution in [-0.2, 0) is 0 Å². The van der Waals surface area contributed by atoms with E-state index in [1.54, 1.807) is 6.92 Å². The molecule has 1 saturated heterocycles. The molecule has 0 saturated carbocycles. The fourth-order valence-electron chi connectivity index (χ4n) is 3.68. The lowest BCUT2D eigenvalue weighted by molar-refractivity contribution is -0.115. The Bertz CT molecular complexity index is 1150. The van der Waals surface area contributed by atoms with Crippen molar-refractivity contribution >= 4 is 29.0 Å². The van der Waals surface area contributed by atoms with Crippen LogP contribution in [0, 0.1) is 0 Å². The van der Waals surface area contributed by atoms with Crippen molar-refractivity contribution in [1.29, 1.82) is 0 Å². The molecule has 0 radical (unpaired) electrons. The monoisotopic (exact) mass is 549 g/mol. The van der Waals surface area contributed by atoms with E-state index >= 15 is 0 Å². The summed E-state index contributed by atoms with van der Waals surface area (Å²) in [7, 11) is 0. The number of nitrogens with one attached hydrogen (secondary N) is 2. The summed E-state index contributed by atoms with van der Waals surface area (Å²) in [4.78, 5) is 35.8. The average molecular weight is 550 g/mol. The fraction of sp³-hybridized carbons (Fsp3) is 0.565. The SMILES string of the molecule is CC1CCCN1C(=O)c1nc(C(=O)NC(C)C(C)(C)O)sc1-c1cnc(NCC(F)(F)F)cc1C(F)F. The van der Waals surface area contributed by atoms with Gasteiger partial charge in [0.05, 0.1) is 16.5 Å². The van der Waals surface area contributed by atoms with Crippen LogP contribution in [-0.4, -0.2) is 68.7 Å². The molecule has 2 aromatic heterocycles. The van der Waals surface area contributed by atoms with Crippen molar-refractivity contribution in [2.24, 2.45) is 0 Å². The molecule has 1 aliphatic heterocycles. The Hall–Kier alpha value is -2.87. The molecule has 3 heterocycles. The topological polar surface area (TPSA) is 107 Å². The number of nitrogens with zero attached hydrogens (tertiary/aromatic N) is 3. The zero-order valence-corrected chi connectivity index (χ0v) is 21.4. The van der Waals surface area contributed by atoms with Crippen LogP contribution in [0.3, 0.4) is 0 Å². The molecule has 3 N–H and O–H groups in total. The molecular formula is C23H28F5N5O3S. The summed E-state index contributed by atoms with van der Waals surface area (Å²) < 4.78 is 65.8. The Labute approximate surface area is 214 Å². The van der Waals surface area contributed by atoms with Gasteiger partial charge in [-0.1, -0.05) is 0 Å². The van der Waals surface area contributed by atoms with Gasteiger partial charge in [0.2, 0.25) is 0 Å². The number of carbonyl (C=O) groups is 2. The third-order valence-corrected chi connectivity index (χ3v) is 7.22. The van der Waals surface area contributed by atoms with Gasteiger partial charge in [0.15, 0.2) is 5.01 Å². The van der Waals surface area contributed by atoms with Gasteiger partial charge >= 0.3 is 6.18 Å². The van der Waals surface area contributed by atoms with Crippen molar-refractivity contribution in [2.75, 3.05) is 18.4 Å². The molecule has 204 valence electrons. The summed E-state index contributed by atoms with van der Waals surface area (Å²) in [6.07, 6.45) is -5.28. The van der Waals surface area contributed by atoms with Crippen molar-refractivity contribution in [3.05, 3.63) is 28.5 Å². The van der Waals surface area contributed by atoms with Crippen molar-refractivity contribution in [3.8, 4) is 10.4 Å². The molecule has 0 aliphatic carbocycles. The van der Waals surface area contributed by atoms with Gasteiger partial charge < -0.3 is 20.6 Å². The van der Waals surface area contributed by atoms with E-state index in [1.807, 2.05) is 12.2 Å². The van der Waals surface area contributed by atoms with E-state index in [1.165, 1.54) is 18.7 Å². The number of carbonyl (C=O) groups excluding carboxylic acids is 2. The van der Waals surface area contributed by atoms with E-state index in [-0.39, 0.29) is 27.2 Å². The van der Waals surface area contributed by atoms with Crippen LogP contribution in [0.1, 0.15) is 72.8 Å². The maximum atomic E-state index is 14.0. The molecule has 3 rings (SSSR count). The molecule has 2 atom stereocenters. The van der Waals surface area contributed by atoms with E-state index in [4.69, 9.17) is 0 Å². The normalized spacial score (nSPS) is 17.3. The first-order valence-corrected chi connectivity index (χ1v) is 12.3. The first kappa shape index (κ1) is 28.7. The van der Waals surface area contributed by atoms with Gasteiger partial charge in [-0.05, 0) is 46.6 Å². The van der Waals surface area contributed by atoms with Crippen molar-refractivity contribution < 1.29 is 36.6 Å². The van der Waals surface area contributed by atoms with Crippen LogP contribution in [0.4, 0.5) is 27.8 Å². The first-order valence-electron chi connectivity index (χ1n) is 11.5. The highest BCUT2D eigenvalue weighted by Crippen LogP contribution is 2.39. The number of aromatic nitrogens is 2. The molecule has 14 heteroatoms. The highest BCUT2D eigenvalue weighted by atomic mass is 32.1. The minimum atomic E-state index is -4.59. The zero-order valence-electron chi connectivity index (χ0n) is 20.6. The quantitative estimate of drug-likeness (QED) is 0.415. The summed E-state index contributed by atoms with van der Waals surface area (Å²) >= 11 is 0.691. The molecule has 2 aromatic rings. The predicted octanol–water partition coefficient (Wildman–Crippen LogP) is 4.63. The third-order valence-electron chi connectivity index (χ3n) is 6.13. The number of hydrogen-bond acceptors (Lipinski definition) is 7. The summed E-state index contributed by atoms with van der Waals surface area (Å²) in [5.41, 5.74) is -2.37. The van der Waals surface area contributed by atoms with Crippen molar-refractivity contribution in [2.45, 2.75) is 70.8 Å². The third kappa shape index (κ3) is 6.92. The number of rotatable bonds is 8. The summed E-state index contributed by atoms with van der Waals surface area (Å²) in [6.45, 7) is 5.34. The number of aliphatic hydroxyl groups is 1.